The molecule has 5 aromatic rings. The molecule has 0 saturated heterocycles. The van der Waals surface area contributed by atoms with Crippen molar-refractivity contribution in [2.24, 2.45) is 9.98 Å². The summed E-state index contributed by atoms with van der Waals surface area (Å²) in [4.78, 5) is 14.5. The Kier molecular flexibility index (Phi) is 7.99. The molecule has 4 aliphatic rings. The van der Waals surface area contributed by atoms with E-state index >= 15 is 0 Å². The van der Waals surface area contributed by atoms with Gasteiger partial charge in [-0.05, 0) is 71.2 Å². The Morgan fingerprint density at radius 3 is 1.67 bits per heavy atom. The van der Waals surface area contributed by atoms with E-state index in [1.807, 2.05) is 0 Å². The van der Waals surface area contributed by atoms with Crippen molar-refractivity contribution in [2.45, 2.75) is 12.0 Å². The molecule has 5 heterocycles. The molecule has 4 aliphatic heterocycles. The Balaban J connectivity index is 0.00000348. The maximum absolute atomic E-state index is 5.48. The minimum atomic E-state index is -0.548. The molecule has 230 valence electrons. The van der Waals surface area contributed by atoms with Gasteiger partial charge in [-0.3, -0.25) is 0 Å². The van der Waals surface area contributed by atoms with Gasteiger partial charge in [-0.1, -0.05) is 127 Å². The fraction of sp³-hybridized carbons (Fsp3) is 0.0455. The Morgan fingerprint density at radius 1 is 0.531 bits per heavy atom. The maximum Gasteiger partial charge on any atom is 0.0941 e. The average molecular weight is 682 g/mol. The van der Waals surface area contributed by atoms with Gasteiger partial charge in [0.1, 0.15) is 0 Å². The first-order valence-corrected chi connectivity index (χ1v) is 16.4. The molecule has 1 atom stereocenters. The van der Waals surface area contributed by atoms with Gasteiger partial charge in [-0.2, -0.15) is 0 Å². The molecule has 0 spiro atoms. The van der Waals surface area contributed by atoms with E-state index in [-0.39, 0.29) is 19.5 Å². The third-order valence-corrected chi connectivity index (χ3v) is 9.46. The third-order valence-electron chi connectivity index (χ3n) is 9.46. The van der Waals surface area contributed by atoms with Crippen LogP contribution in [0.15, 0.2) is 197 Å². The van der Waals surface area contributed by atoms with Crippen LogP contribution >= 0.6 is 0 Å². The van der Waals surface area contributed by atoms with E-state index in [1.54, 1.807) is 0 Å². The van der Waals surface area contributed by atoms with Crippen LogP contribution < -0.4 is 16.0 Å². The number of hydrogen-bond acceptors (Lipinski definition) is 3. The van der Waals surface area contributed by atoms with E-state index < -0.39 is 5.54 Å². The van der Waals surface area contributed by atoms with Crippen molar-refractivity contribution in [1.29, 1.82) is 0 Å². The van der Waals surface area contributed by atoms with Crippen molar-refractivity contribution >= 4 is 28.1 Å². The van der Waals surface area contributed by atoms with Gasteiger partial charge in [0.25, 0.3) is 0 Å². The second kappa shape index (κ2) is 12.8. The first kappa shape index (κ1) is 30.7. The first-order chi connectivity index (χ1) is 23.7. The Labute approximate surface area is 298 Å². The number of aliphatic imine (C=N–C) groups is 2. The summed E-state index contributed by atoms with van der Waals surface area (Å²) in [5.41, 5.74) is 12.0. The van der Waals surface area contributed by atoms with E-state index in [2.05, 4.69) is 180 Å². The number of fused-ring (bicyclic) bond motifs is 6. The van der Waals surface area contributed by atoms with E-state index in [9.17, 15) is 0 Å². The SMILES string of the molecule is C1=CC2=NC1=CC1=CCC(c3ccccc3)(N1)C(c1ccccc1)=C1C=CC(=N1)C(c1ccccc1)=c1ccc([nH]1)=C2c1ccccc1.[Zn]. The number of hydrogen-bond donors (Lipinski definition) is 2. The fourth-order valence-electron chi connectivity index (χ4n) is 7.32. The molecule has 0 amide bonds. The number of rotatable bonds is 4. The quantitative estimate of drug-likeness (QED) is 0.190. The minimum absolute atomic E-state index is 0. The Hall–Kier alpha value is -5.64. The van der Waals surface area contributed by atoms with Crippen LogP contribution in [0.25, 0.3) is 16.7 Å². The zero-order chi connectivity index (χ0) is 31.9. The molecule has 9 rings (SSSR count). The number of H-pyrrole nitrogens is 1. The summed E-state index contributed by atoms with van der Waals surface area (Å²) in [6.07, 6.45) is 13.8. The predicted molar refractivity (Wildman–Crippen MR) is 196 cm³/mol. The topological polar surface area (TPSA) is 52.5 Å². The van der Waals surface area contributed by atoms with E-state index in [4.69, 9.17) is 9.98 Å². The summed E-state index contributed by atoms with van der Waals surface area (Å²) in [6.45, 7) is 0. The van der Waals surface area contributed by atoms with Gasteiger partial charge < -0.3 is 10.3 Å². The van der Waals surface area contributed by atoms with Crippen LogP contribution in [0, 0.1) is 0 Å². The van der Waals surface area contributed by atoms with E-state index in [0.29, 0.717) is 0 Å². The summed E-state index contributed by atoms with van der Waals surface area (Å²) < 4.78 is 0. The van der Waals surface area contributed by atoms with Crippen molar-refractivity contribution in [3.05, 3.63) is 220 Å². The molecular formula is C44H32N4Zn. The predicted octanol–water partition coefficient (Wildman–Crippen LogP) is 7.51. The minimum Gasteiger partial charge on any atom is -0.371 e. The molecule has 0 fully saturated rings. The maximum atomic E-state index is 5.48. The van der Waals surface area contributed by atoms with Crippen LogP contribution in [0.5, 0.6) is 0 Å². The zero-order valence-electron chi connectivity index (χ0n) is 27.0. The number of nitrogens with one attached hydrogen (secondary N) is 2. The van der Waals surface area contributed by atoms with Crippen LogP contribution in [-0.2, 0) is 25.0 Å². The van der Waals surface area contributed by atoms with Gasteiger partial charge in [0.15, 0.2) is 0 Å². The van der Waals surface area contributed by atoms with Crippen LogP contribution in [0.3, 0.4) is 0 Å². The number of nitrogens with zero attached hydrogens (tertiary/aromatic N) is 2. The molecule has 49 heavy (non-hydrogen) atoms. The molecule has 2 N–H and O–H groups in total. The molecule has 0 aliphatic carbocycles. The molecule has 1 unspecified atom stereocenters. The normalized spacial score (nSPS) is 19.2. The van der Waals surface area contributed by atoms with Crippen molar-refractivity contribution in [1.82, 2.24) is 10.3 Å². The van der Waals surface area contributed by atoms with E-state index in [1.165, 1.54) is 5.56 Å². The first-order valence-electron chi connectivity index (χ1n) is 16.4. The molecule has 4 nitrogen and oxygen atoms in total. The van der Waals surface area contributed by atoms with Crippen molar-refractivity contribution in [2.75, 3.05) is 0 Å². The molecule has 0 radical (unpaired) electrons. The van der Waals surface area contributed by atoms with Gasteiger partial charge in [0.05, 0.1) is 28.4 Å². The van der Waals surface area contributed by atoms with Crippen LogP contribution in [-0.4, -0.2) is 16.4 Å². The average Bonchev–Trinajstić information content (AvgIpc) is 3.97. The Morgan fingerprint density at radius 2 is 1.06 bits per heavy atom. The second-order valence-electron chi connectivity index (χ2n) is 12.4. The van der Waals surface area contributed by atoms with Crippen molar-refractivity contribution < 1.29 is 19.5 Å². The fourth-order valence-corrected chi connectivity index (χ4v) is 7.32. The van der Waals surface area contributed by atoms with Crippen LogP contribution in [0.2, 0.25) is 0 Å². The monoisotopic (exact) mass is 680 g/mol. The second-order valence-corrected chi connectivity index (χ2v) is 12.4. The summed E-state index contributed by atoms with van der Waals surface area (Å²) in [5, 5.41) is 6.01. The number of aromatic nitrogens is 1. The third kappa shape index (κ3) is 5.47. The van der Waals surface area contributed by atoms with Crippen LogP contribution in [0.4, 0.5) is 0 Å². The number of allylic oxidation sites excluding steroid dienone is 5. The van der Waals surface area contributed by atoms with Gasteiger partial charge in [0, 0.05) is 52.6 Å². The van der Waals surface area contributed by atoms with Gasteiger partial charge >= 0.3 is 0 Å². The summed E-state index contributed by atoms with van der Waals surface area (Å²) in [7, 11) is 0. The molecule has 1 aromatic heterocycles. The standard InChI is InChI=1S/C44H32N4.Zn/c1-5-13-30(14-6-1)41-36-22-21-34(45-36)29-35-27-28-44(48-35,33-19-11-4-12-20-33)43(32-17-9-3-10-18-32)40-26-25-39(47-40)42(31-15-7-2-8-16-31)38-24-23-37(41)46-38;/h1-27,29,46,48H,28H2;. The summed E-state index contributed by atoms with van der Waals surface area (Å²) in [6, 6.07) is 46.8. The number of aromatic amines is 1. The van der Waals surface area contributed by atoms with Gasteiger partial charge in [-0.15, -0.1) is 0 Å². The molecule has 5 heteroatoms. The molecule has 4 aromatic carbocycles. The van der Waals surface area contributed by atoms with Crippen LogP contribution in [0.1, 0.15) is 28.7 Å². The molecule has 8 bridgehead atoms. The summed E-state index contributed by atoms with van der Waals surface area (Å²) >= 11 is 0. The van der Waals surface area contributed by atoms with Crippen molar-refractivity contribution in [3.8, 4) is 0 Å². The van der Waals surface area contributed by atoms with E-state index in [0.717, 1.165) is 79.0 Å². The largest absolute Gasteiger partial charge is 0.371 e. The summed E-state index contributed by atoms with van der Waals surface area (Å²) in [5.74, 6) is 0. The molecular weight excluding hydrogens is 650 g/mol. The number of benzene rings is 4. The van der Waals surface area contributed by atoms with Gasteiger partial charge in [-0.25, -0.2) is 9.98 Å². The van der Waals surface area contributed by atoms with Crippen molar-refractivity contribution in [3.63, 3.8) is 0 Å². The zero-order valence-corrected chi connectivity index (χ0v) is 29.9. The smallest absolute Gasteiger partial charge is 0.0941 e. The Bertz CT molecular complexity index is 2410. The molecule has 0 saturated carbocycles. The van der Waals surface area contributed by atoms with Gasteiger partial charge in [0.2, 0.25) is 0 Å².